The summed E-state index contributed by atoms with van der Waals surface area (Å²) in [5.41, 5.74) is 2.90. The van der Waals surface area contributed by atoms with Gasteiger partial charge in [-0.1, -0.05) is 0 Å². The molecule has 1 aliphatic heterocycles. The predicted octanol–water partition coefficient (Wildman–Crippen LogP) is 3.07. The number of aromatic nitrogens is 1. The topological polar surface area (TPSA) is 61.3 Å². The van der Waals surface area contributed by atoms with Gasteiger partial charge in [-0.3, -0.25) is 9.69 Å². The summed E-state index contributed by atoms with van der Waals surface area (Å²) in [5.74, 6) is 0.503. The second-order valence-corrected chi connectivity index (χ2v) is 7.06. The number of rotatable bonds is 5. The summed E-state index contributed by atoms with van der Waals surface area (Å²) in [5, 5.41) is 5.08. The van der Waals surface area contributed by atoms with Gasteiger partial charge in [-0.25, -0.2) is 0 Å². The molecule has 4 heterocycles. The molecule has 1 atom stereocenters. The van der Waals surface area contributed by atoms with Crippen LogP contribution in [-0.4, -0.2) is 35.4 Å². The number of carbonyl (C=O) groups excluding carboxylic acids is 1. The van der Waals surface area contributed by atoms with Crippen LogP contribution in [0, 0.1) is 5.92 Å². The van der Waals surface area contributed by atoms with Crippen molar-refractivity contribution in [2.24, 2.45) is 5.92 Å². The number of furan rings is 1. The van der Waals surface area contributed by atoms with Crippen molar-refractivity contribution in [3.05, 3.63) is 47.4 Å². The van der Waals surface area contributed by atoms with Crippen LogP contribution in [-0.2, 0) is 6.54 Å². The van der Waals surface area contributed by atoms with Crippen LogP contribution in [0.15, 0.2) is 40.5 Å². The quantitative estimate of drug-likeness (QED) is 0.756. The van der Waals surface area contributed by atoms with Gasteiger partial charge in [0.25, 0.3) is 5.91 Å². The average Bonchev–Trinajstić information content (AvgIpc) is 3.29. The molecule has 0 saturated carbocycles. The third kappa shape index (κ3) is 3.18. The molecule has 5 nitrogen and oxygen atoms in total. The molecule has 0 spiro atoms. The van der Waals surface area contributed by atoms with Gasteiger partial charge >= 0.3 is 0 Å². The number of carbonyl (C=O) groups is 1. The molecule has 0 bridgehead atoms. The van der Waals surface area contributed by atoms with Crippen molar-refractivity contribution in [3.63, 3.8) is 0 Å². The molecule has 0 radical (unpaired) electrons. The highest BCUT2D eigenvalue weighted by atomic mass is 32.1. The molecular weight excluding hydrogens is 310 g/mol. The maximum absolute atomic E-state index is 12.2. The van der Waals surface area contributed by atoms with Crippen LogP contribution in [0.1, 0.15) is 22.5 Å². The minimum atomic E-state index is -0.0123. The molecule has 0 unspecified atom stereocenters. The number of fused-ring (bicyclic) bond motifs is 1. The van der Waals surface area contributed by atoms with E-state index in [0.717, 1.165) is 42.8 Å². The number of hydrogen-bond acceptors (Lipinski definition) is 4. The van der Waals surface area contributed by atoms with Gasteiger partial charge in [0.15, 0.2) is 0 Å². The van der Waals surface area contributed by atoms with Crippen LogP contribution in [0.4, 0.5) is 0 Å². The lowest BCUT2D eigenvalue weighted by atomic mass is 10.1. The molecule has 1 aliphatic rings. The number of amides is 1. The molecule has 120 valence electrons. The fourth-order valence-corrected chi connectivity index (χ4v) is 3.95. The van der Waals surface area contributed by atoms with Gasteiger partial charge < -0.3 is 14.7 Å². The molecular formula is C17H19N3O2S. The number of thiophene rings is 1. The Balaban J connectivity index is 1.28. The standard InChI is InChI=1S/C17H19N3O2S/c21-17(15-7-16-14(19-15)3-6-23-16)18-8-12-1-4-20(9-12)10-13-2-5-22-11-13/h2-3,5-7,11-12,19H,1,4,8-10H2,(H,18,21)/t12-/m1/s1. The van der Waals surface area contributed by atoms with E-state index in [1.807, 2.05) is 23.6 Å². The highest BCUT2D eigenvalue weighted by molar-refractivity contribution is 7.17. The maximum Gasteiger partial charge on any atom is 0.267 e. The van der Waals surface area contributed by atoms with Crippen LogP contribution in [0.2, 0.25) is 0 Å². The van der Waals surface area contributed by atoms with Crippen molar-refractivity contribution in [2.45, 2.75) is 13.0 Å². The zero-order valence-electron chi connectivity index (χ0n) is 12.7. The van der Waals surface area contributed by atoms with Crippen LogP contribution >= 0.6 is 11.3 Å². The molecule has 2 N–H and O–H groups in total. The van der Waals surface area contributed by atoms with E-state index in [1.54, 1.807) is 23.9 Å². The number of aromatic amines is 1. The summed E-state index contributed by atoms with van der Waals surface area (Å²) < 4.78 is 6.24. The largest absolute Gasteiger partial charge is 0.472 e. The molecule has 3 aromatic heterocycles. The summed E-state index contributed by atoms with van der Waals surface area (Å²) in [6, 6.07) is 5.93. The van der Waals surface area contributed by atoms with Crippen LogP contribution in [0.3, 0.4) is 0 Å². The predicted molar refractivity (Wildman–Crippen MR) is 90.6 cm³/mol. The van der Waals surface area contributed by atoms with Gasteiger partial charge in [0, 0.05) is 25.2 Å². The SMILES string of the molecule is O=C(NC[C@H]1CCN(Cc2ccoc2)C1)c1cc2sccc2[nH]1. The van der Waals surface area contributed by atoms with Gasteiger partial charge in [0.05, 0.1) is 22.7 Å². The van der Waals surface area contributed by atoms with E-state index < -0.39 is 0 Å². The highest BCUT2D eigenvalue weighted by Gasteiger charge is 2.23. The summed E-state index contributed by atoms with van der Waals surface area (Å²) >= 11 is 1.65. The van der Waals surface area contributed by atoms with Crippen molar-refractivity contribution >= 4 is 27.5 Å². The molecule has 3 aromatic rings. The first-order valence-electron chi connectivity index (χ1n) is 7.86. The fraction of sp³-hybridized carbons (Fsp3) is 0.353. The second kappa shape index (κ2) is 6.22. The summed E-state index contributed by atoms with van der Waals surface area (Å²) in [7, 11) is 0. The van der Waals surface area contributed by atoms with Crippen molar-refractivity contribution in [1.82, 2.24) is 15.2 Å². The number of nitrogens with one attached hydrogen (secondary N) is 2. The highest BCUT2D eigenvalue weighted by Crippen LogP contribution is 2.22. The maximum atomic E-state index is 12.2. The summed E-state index contributed by atoms with van der Waals surface area (Å²) in [4.78, 5) is 17.8. The van der Waals surface area contributed by atoms with Gasteiger partial charge in [0.1, 0.15) is 5.69 Å². The third-order valence-corrected chi connectivity index (χ3v) is 5.26. The average molecular weight is 329 g/mol. The normalized spacial score (nSPS) is 18.7. The lowest BCUT2D eigenvalue weighted by molar-refractivity contribution is 0.0943. The minimum Gasteiger partial charge on any atom is -0.472 e. The van der Waals surface area contributed by atoms with Crippen LogP contribution < -0.4 is 5.32 Å². The number of nitrogens with zero attached hydrogens (tertiary/aromatic N) is 1. The van der Waals surface area contributed by atoms with Gasteiger partial charge in [-0.2, -0.15) is 0 Å². The molecule has 1 saturated heterocycles. The third-order valence-electron chi connectivity index (χ3n) is 4.39. The van der Waals surface area contributed by atoms with Gasteiger partial charge in [-0.05, 0) is 42.5 Å². The first-order chi connectivity index (χ1) is 11.3. The first-order valence-corrected chi connectivity index (χ1v) is 8.74. The summed E-state index contributed by atoms with van der Waals surface area (Å²) in [6.07, 6.45) is 4.63. The molecule has 1 fully saturated rings. The lowest BCUT2D eigenvalue weighted by Crippen LogP contribution is -2.31. The lowest BCUT2D eigenvalue weighted by Gasteiger charge is -2.15. The van der Waals surface area contributed by atoms with Crippen LogP contribution in [0.25, 0.3) is 10.2 Å². The number of hydrogen-bond donors (Lipinski definition) is 2. The Labute approximate surface area is 138 Å². The Morgan fingerprint density at radius 1 is 1.48 bits per heavy atom. The Bertz CT molecular complexity index is 761. The van der Waals surface area contributed by atoms with E-state index in [0.29, 0.717) is 11.6 Å². The molecule has 4 rings (SSSR count). The molecule has 1 amide bonds. The van der Waals surface area contributed by atoms with Gasteiger partial charge in [-0.15, -0.1) is 11.3 Å². The van der Waals surface area contributed by atoms with Crippen molar-refractivity contribution in [3.8, 4) is 0 Å². The van der Waals surface area contributed by atoms with E-state index in [9.17, 15) is 4.79 Å². The Morgan fingerprint density at radius 2 is 2.43 bits per heavy atom. The van der Waals surface area contributed by atoms with Crippen molar-refractivity contribution in [2.75, 3.05) is 19.6 Å². The number of likely N-dealkylation sites (tertiary alicyclic amines) is 1. The smallest absolute Gasteiger partial charge is 0.267 e. The second-order valence-electron chi connectivity index (χ2n) is 6.11. The minimum absolute atomic E-state index is 0.0123. The zero-order valence-corrected chi connectivity index (χ0v) is 13.6. The van der Waals surface area contributed by atoms with E-state index >= 15 is 0 Å². The van der Waals surface area contributed by atoms with E-state index in [2.05, 4.69) is 15.2 Å². The van der Waals surface area contributed by atoms with Crippen LogP contribution in [0.5, 0.6) is 0 Å². The molecule has 23 heavy (non-hydrogen) atoms. The Morgan fingerprint density at radius 3 is 3.26 bits per heavy atom. The van der Waals surface area contributed by atoms with E-state index in [1.165, 1.54) is 5.56 Å². The zero-order chi connectivity index (χ0) is 15.6. The monoisotopic (exact) mass is 329 g/mol. The Hall–Kier alpha value is -2.05. The molecule has 6 heteroatoms. The van der Waals surface area contributed by atoms with Gasteiger partial charge in [0.2, 0.25) is 0 Å². The molecule has 0 aliphatic carbocycles. The first kappa shape index (κ1) is 14.5. The summed E-state index contributed by atoms with van der Waals surface area (Å²) in [6.45, 7) is 3.75. The Kier molecular flexibility index (Phi) is 3.93. The van der Waals surface area contributed by atoms with Crippen molar-refractivity contribution < 1.29 is 9.21 Å². The fourth-order valence-electron chi connectivity index (χ4n) is 3.17. The van der Waals surface area contributed by atoms with Crippen molar-refractivity contribution in [1.29, 1.82) is 0 Å². The van der Waals surface area contributed by atoms with E-state index in [-0.39, 0.29) is 5.91 Å². The molecule has 0 aromatic carbocycles. The van der Waals surface area contributed by atoms with E-state index in [4.69, 9.17) is 4.42 Å². The number of H-pyrrole nitrogens is 1.